The molecule has 0 spiro atoms. The van der Waals surface area contributed by atoms with Crippen molar-refractivity contribution in [3.63, 3.8) is 0 Å². The van der Waals surface area contributed by atoms with Gasteiger partial charge in [-0.15, -0.1) is 0 Å². The molecule has 0 unspecified atom stereocenters. The van der Waals surface area contributed by atoms with Crippen LogP contribution in [0.2, 0.25) is 0 Å². The summed E-state index contributed by atoms with van der Waals surface area (Å²) in [5.74, 6) is -0.998. The summed E-state index contributed by atoms with van der Waals surface area (Å²) in [6.07, 6.45) is 2.32. The second-order valence-corrected chi connectivity index (χ2v) is 5.96. The fourth-order valence-corrected chi connectivity index (χ4v) is 2.83. The van der Waals surface area contributed by atoms with Gasteiger partial charge in [0.25, 0.3) is 11.8 Å². The van der Waals surface area contributed by atoms with Gasteiger partial charge in [0.15, 0.2) is 5.11 Å². The molecule has 2 N–H and O–H groups in total. The molecule has 1 fully saturated rings. The van der Waals surface area contributed by atoms with Gasteiger partial charge in [-0.05, 0) is 60.1 Å². The fraction of sp³-hybridized carbons (Fsp3) is 0.105. The standard InChI is InChI=1S/C19H16N2O3S/c1-2-12-6-8-14(9-7-12)21-18(24)16(17(23)20-19(21)25)11-13-4-3-5-15(22)10-13/h3-11,22H,2H2,1H3,(H,20,23,25)/b16-11+. The third-order valence-corrected chi connectivity index (χ3v) is 4.17. The highest BCUT2D eigenvalue weighted by Crippen LogP contribution is 2.23. The van der Waals surface area contributed by atoms with Crippen LogP contribution in [0.4, 0.5) is 5.69 Å². The van der Waals surface area contributed by atoms with Crippen LogP contribution in [0.5, 0.6) is 5.75 Å². The molecule has 0 saturated carbocycles. The second kappa shape index (κ2) is 6.86. The Bertz CT molecular complexity index is 888. The number of carbonyl (C=O) groups is 2. The molecule has 6 heteroatoms. The highest BCUT2D eigenvalue weighted by Gasteiger charge is 2.34. The Morgan fingerprint density at radius 2 is 1.88 bits per heavy atom. The van der Waals surface area contributed by atoms with Crippen LogP contribution in [0.25, 0.3) is 6.08 Å². The lowest BCUT2D eigenvalue weighted by Crippen LogP contribution is -2.54. The highest BCUT2D eigenvalue weighted by atomic mass is 32.1. The molecule has 0 aliphatic carbocycles. The lowest BCUT2D eigenvalue weighted by Gasteiger charge is -2.29. The third kappa shape index (κ3) is 3.44. The fourth-order valence-electron chi connectivity index (χ4n) is 2.55. The summed E-state index contributed by atoms with van der Waals surface area (Å²) in [6, 6.07) is 13.8. The van der Waals surface area contributed by atoms with E-state index in [0.717, 1.165) is 12.0 Å². The number of hydrogen-bond acceptors (Lipinski definition) is 4. The van der Waals surface area contributed by atoms with E-state index in [-0.39, 0.29) is 16.4 Å². The zero-order chi connectivity index (χ0) is 18.0. The summed E-state index contributed by atoms with van der Waals surface area (Å²) in [4.78, 5) is 26.3. The van der Waals surface area contributed by atoms with Crippen molar-refractivity contribution in [3.05, 3.63) is 65.2 Å². The van der Waals surface area contributed by atoms with Crippen molar-refractivity contribution in [2.75, 3.05) is 4.90 Å². The van der Waals surface area contributed by atoms with Gasteiger partial charge in [-0.1, -0.05) is 31.2 Å². The molecule has 3 rings (SSSR count). The van der Waals surface area contributed by atoms with E-state index in [4.69, 9.17) is 12.2 Å². The molecule has 1 aliphatic rings. The number of thiocarbonyl (C=S) groups is 1. The zero-order valence-electron chi connectivity index (χ0n) is 13.5. The molecule has 126 valence electrons. The van der Waals surface area contributed by atoms with Crippen LogP contribution in [0.3, 0.4) is 0 Å². The minimum Gasteiger partial charge on any atom is -0.508 e. The molecule has 1 saturated heterocycles. The average Bonchev–Trinajstić information content (AvgIpc) is 2.59. The molecule has 0 bridgehead atoms. The van der Waals surface area contributed by atoms with Gasteiger partial charge < -0.3 is 5.11 Å². The Balaban J connectivity index is 1.99. The van der Waals surface area contributed by atoms with E-state index in [0.29, 0.717) is 11.3 Å². The topological polar surface area (TPSA) is 69.6 Å². The minimum atomic E-state index is -0.556. The van der Waals surface area contributed by atoms with Gasteiger partial charge in [-0.25, -0.2) is 0 Å². The zero-order valence-corrected chi connectivity index (χ0v) is 14.3. The summed E-state index contributed by atoms with van der Waals surface area (Å²) in [5.41, 5.74) is 2.24. The van der Waals surface area contributed by atoms with E-state index in [2.05, 4.69) is 5.32 Å². The second-order valence-electron chi connectivity index (χ2n) is 5.57. The molecule has 5 nitrogen and oxygen atoms in total. The highest BCUT2D eigenvalue weighted by molar-refractivity contribution is 7.80. The lowest BCUT2D eigenvalue weighted by atomic mass is 10.1. The van der Waals surface area contributed by atoms with Crippen molar-refractivity contribution in [1.82, 2.24) is 5.32 Å². The molecule has 2 aromatic carbocycles. The maximum Gasteiger partial charge on any atom is 0.270 e. The van der Waals surface area contributed by atoms with Crippen molar-refractivity contribution in [1.29, 1.82) is 0 Å². The number of amides is 2. The molecular formula is C19H16N2O3S. The predicted molar refractivity (Wildman–Crippen MR) is 100 cm³/mol. The average molecular weight is 352 g/mol. The predicted octanol–water partition coefficient (Wildman–Crippen LogP) is 2.79. The van der Waals surface area contributed by atoms with E-state index in [1.54, 1.807) is 24.3 Å². The monoisotopic (exact) mass is 352 g/mol. The third-order valence-electron chi connectivity index (χ3n) is 3.89. The minimum absolute atomic E-state index is 0.0428. The van der Waals surface area contributed by atoms with Gasteiger partial charge in [0.1, 0.15) is 11.3 Å². The van der Waals surface area contributed by atoms with Crippen LogP contribution in [-0.4, -0.2) is 22.0 Å². The lowest BCUT2D eigenvalue weighted by molar-refractivity contribution is -0.122. The number of carbonyl (C=O) groups excluding carboxylic acids is 2. The number of phenolic OH excluding ortho intramolecular Hbond substituents is 1. The Morgan fingerprint density at radius 3 is 2.52 bits per heavy atom. The molecule has 0 radical (unpaired) electrons. The first-order chi connectivity index (χ1) is 12.0. The van der Waals surface area contributed by atoms with Crippen molar-refractivity contribution in [2.24, 2.45) is 0 Å². The summed E-state index contributed by atoms with van der Waals surface area (Å²) in [7, 11) is 0. The van der Waals surface area contributed by atoms with Crippen molar-refractivity contribution < 1.29 is 14.7 Å². The van der Waals surface area contributed by atoms with Crippen molar-refractivity contribution in [3.8, 4) is 5.75 Å². The molecule has 0 aromatic heterocycles. The SMILES string of the molecule is CCc1ccc(N2C(=O)/C(=C/c3cccc(O)c3)C(=O)NC2=S)cc1. The van der Waals surface area contributed by atoms with Gasteiger partial charge in [-0.3, -0.25) is 19.8 Å². The van der Waals surface area contributed by atoms with E-state index < -0.39 is 11.8 Å². The first-order valence-electron chi connectivity index (χ1n) is 7.79. The first kappa shape index (κ1) is 16.9. The van der Waals surface area contributed by atoms with Gasteiger partial charge in [0.05, 0.1) is 5.69 Å². The molecule has 1 heterocycles. The number of nitrogens with one attached hydrogen (secondary N) is 1. The number of benzene rings is 2. The van der Waals surface area contributed by atoms with Crippen molar-refractivity contribution >= 4 is 40.9 Å². The van der Waals surface area contributed by atoms with Gasteiger partial charge >= 0.3 is 0 Å². The van der Waals surface area contributed by atoms with E-state index in [1.165, 1.54) is 23.1 Å². The molecule has 2 amide bonds. The maximum atomic E-state index is 12.8. The van der Waals surface area contributed by atoms with Gasteiger partial charge in [0, 0.05) is 0 Å². The van der Waals surface area contributed by atoms with Crippen LogP contribution in [0.15, 0.2) is 54.1 Å². The van der Waals surface area contributed by atoms with E-state index in [1.807, 2.05) is 19.1 Å². The normalized spacial score (nSPS) is 16.3. The molecule has 2 aromatic rings. The van der Waals surface area contributed by atoms with E-state index in [9.17, 15) is 14.7 Å². The number of rotatable bonds is 3. The quantitative estimate of drug-likeness (QED) is 0.506. The molecule has 1 aliphatic heterocycles. The Hall–Kier alpha value is -2.99. The summed E-state index contributed by atoms with van der Waals surface area (Å²) < 4.78 is 0. The molecular weight excluding hydrogens is 336 g/mol. The smallest absolute Gasteiger partial charge is 0.270 e. The number of anilines is 1. The van der Waals surface area contributed by atoms with Gasteiger partial charge in [0.2, 0.25) is 0 Å². The summed E-state index contributed by atoms with van der Waals surface area (Å²) >= 11 is 5.17. The van der Waals surface area contributed by atoms with Crippen LogP contribution >= 0.6 is 12.2 Å². The van der Waals surface area contributed by atoms with Crippen LogP contribution < -0.4 is 10.2 Å². The summed E-state index contributed by atoms with van der Waals surface area (Å²) in [5, 5.41) is 12.1. The summed E-state index contributed by atoms with van der Waals surface area (Å²) in [6.45, 7) is 2.04. The molecule has 25 heavy (non-hydrogen) atoms. The first-order valence-corrected chi connectivity index (χ1v) is 8.20. The number of hydrogen-bond donors (Lipinski definition) is 2. The van der Waals surface area contributed by atoms with Crippen LogP contribution in [-0.2, 0) is 16.0 Å². The largest absolute Gasteiger partial charge is 0.508 e. The Morgan fingerprint density at radius 1 is 1.16 bits per heavy atom. The number of nitrogens with zero attached hydrogens (tertiary/aromatic N) is 1. The Labute approximate surface area is 150 Å². The number of aromatic hydroxyl groups is 1. The number of aryl methyl sites for hydroxylation is 1. The van der Waals surface area contributed by atoms with E-state index >= 15 is 0 Å². The molecule has 0 atom stereocenters. The maximum absolute atomic E-state index is 12.8. The Kier molecular flexibility index (Phi) is 4.63. The van der Waals surface area contributed by atoms with Gasteiger partial charge in [-0.2, -0.15) is 0 Å². The van der Waals surface area contributed by atoms with Crippen LogP contribution in [0.1, 0.15) is 18.1 Å². The number of phenols is 1. The van der Waals surface area contributed by atoms with Crippen LogP contribution in [0, 0.1) is 0 Å². The van der Waals surface area contributed by atoms with Crippen molar-refractivity contribution in [2.45, 2.75) is 13.3 Å².